The maximum atomic E-state index is 12.8. The first kappa shape index (κ1) is 18.8. The third-order valence-electron chi connectivity index (χ3n) is 4.36. The van der Waals surface area contributed by atoms with Crippen molar-refractivity contribution < 1.29 is 19.1 Å². The molecule has 0 spiro atoms. The van der Waals surface area contributed by atoms with Crippen molar-refractivity contribution in [3.05, 3.63) is 53.6 Å². The second kappa shape index (κ2) is 8.12. The zero-order chi connectivity index (χ0) is 19.4. The van der Waals surface area contributed by atoms with Crippen molar-refractivity contribution in [3.63, 3.8) is 0 Å². The zero-order valence-electron chi connectivity index (χ0n) is 15.7. The topological polar surface area (TPSA) is 76.7 Å². The summed E-state index contributed by atoms with van der Waals surface area (Å²) in [5, 5.41) is 5.73. The van der Waals surface area contributed by atoms with Gasteiger partial charge in [-0.25, -0.2) is 0 Å². The highest BCUT2D eigenvalue weighted by molar-refractivity contribution is 6.01. The molecule has 2 aromatic carbocycles. The largest absolute Gasteiger partial charge is 0.454 e. The molecule has 1 aliphatic heterocycles. The summed E-state index contributed by atoms with van der Waals surface area (Å²) < 4.78 is 10.6. The van der Waals surface area contributed by atoms with Gasteiger partial charge in [0, 0.05) is 17.3 Å². The summed E-state index contributed by atoms with van der Waals surface area (Å²) in [6.45, 7) is 6.08. The highest BCUT2D eigenvalue weighted by Crippen LogP contribution is 2.34. The Morgan fingerprint density at radius 2 is 1.81 bits per heavy atom. The standard InChI is InChI=1S/C21H24N2O4/c1-13(2)10-17(23-20(24)16-7-5-4-6-14(16)3)21(25)22-15-8-9-18-19(11-15)27-12-26-18/h4-9,11,13,17H,10,12H2,1-3H3,(H,22,25)(H,23,24). The molecule has 0 aromatic heterocycles. The van der Waals surface area contributed by atoms with Crippen molar-refractivity contribution in [1.82, 2.24) is 5.32 Å². The Hall–Kier alpha value is -3.02. The molecule has 142 valence electrons. The number of hydrogen-bond donors (Lipinski definition) is 2. The van der Waals surface area contributed by atoms with Crippen molar-refractivity contribution in [3.8, 4) is 11.5 Å². The summed E-state index contributed by atoms with van der Waals surface area (Å²) in [6.07, 6.45) is 0.536. The third kappa shape index (κ3) is 4.58. The van der Waals surface area contributed by atoms with Gasteiger partial charge in [-0.05, 0) is 43.0 Å². The monoisotopic (exact) mass is 368 g/mol. The van der Waals surface area contributed by atoms with Crippen LogP contribution >= 0.6 is 0 Å². The lowest BCUT2D eigenvalue weighted by atomic mass is 10.0. The molecule has 2 aromatic rings. The van der Waals surface area contributed by atoms with Gasteiger partial charge in [-0.1, -0.05) is 32.0 Å². The van der Waals surface area contributed by atoms with E-state index in [1.165, 1.54) is 0 Å². The minimum atomic E-state index is -0.637. The molecule has 0 fully saturated rings. The van der Waals surface area contributed by atoms with Crippen molar-refractivity contribution in [2.24, 2.45) is 5.92 Å². The Labute approximate surface area is 158 Å². The van der Waals surface area contributed by atoms with Crippen LogP contribution in [0.3, 0.4) is 0 Å². The summed E-state index contributed by atoms with van der Waals surface area (Å²) in [5.74, 6) is 0.982. The van der Waals surface area contributed by atoms with Crippen LogP contribution in [0.1, 0.15) is 36.2 Å². The van der Waals surface area contributed by atoms with Crippen LogP contribution in [0.5, 0.6) is 11.5 Å². The quantitative estimate of drug-likeness (QED) is 0.818. The zero-order valence-corrected chi connectivity index (χ0v) is 15.7. The van der Waals surface area contributed by atoms with Gasteiger partial charge < -0.3 is 20.1 Å². The smallest absolute Gasteiger partial charge is 0.252 e. The summed E-state index contributed by atoms with van der Waals surface area (Å²) >= 11 is 0. The van der Waals surface area contributed by atoms with Crippen LogP contribution < -0.4 is 20.1 Å². The molecule has 0 aliphatic carbocycles. The lowest BCUT2D eigenvalue weighted by Crippen LogP contribution is -2.44. The minimum absolute atomic E-state index is 0.176. The molecule has 0 saturated heterocycles. The molecule has 27 heavy (non-hydrogen) atoms. The predicted molar refractivity (Wildman–Crippen MR) is 103 cm³/mol. The highest BCUT2D eigenvalue weighted by atomic mass is 16.7. The average Bonchev–Trinajstić information content (AvgIpc) is 3.08. The van der Waals surface area contributed by atoms with E-state index in [2.05, 4.69) is 10.6 Å². The van der Waals surface area contributed by atoms with Crippen LogP contribution in [0.15, 0.2) is 42.5 Å². The van der Waals surface area contributed by atoms with Gasteiger partial charge in [0.1, 0.15) is 6.04 Å². The molecule has 0 saturated carbocycles. The van der Waals surface area contributed by atoms with Gasteiger partial charge in [-0.3, -0.25) is 9.59 Å². The predicted octanol–water partition coefficient (Wildman–Crippen LogP) is 3.51. The number of carbonyl (C=O) groups is 2. The molecular formula is C21H24N2O4. The first-order valence-electron chi connectivity index (χ1n) is 9.01. The number of aryl methyl sites for hydroxylation is 1. The van der Waals surface area contributed by atoms with Crippen LogP contribution in [0.2, 0.25) is 0 Å². The fourth-order valence-corrected chi connectivity index (χ4v) is 2.97. The average molecular weight is 368 g/mol. The lowest BCUT2D eigenvalue weighted by Gasteiger charge is -2.21. The molecule has 1 aliphatic rings. The van der Waals surface area contributed by atoms with Gasteiger partial charge >= 0.3 is 0 Å². The van der Waals surface area contributed by atoms with Gasteiger partial charge in [0.05, 0.1) is 0 Å². The first-order valence-corrected chi connectivity index (χ1v) is 9.01. The van der Waals surface area contributed by atoms with Gasteiger partial charge in [-0.2, -0.15) is 0 Å². The number of ether oxygens (including phenoxy) is 2. The molecule has 0 bridgehead atoms. The molecular weight excluding hydrogens is 344 g/mol. The van der Waals surface area contributed by atoms with E-state index in [1.807, 2.05) is 39.0 Å². The van der Waals surface area contributed by atoms with E-state index >= 15 is 0 Å². The molecule has 2 amide bonds. The molecule has 0 radical (unpaired) electrons. The first-order chi connectivity index (χ1) is 12.9. The number of anilines is 1. The van der Waals surface area contributed by atoms with E-state index in [9.17, 15) is 9.59 Å². The van der Waals surface area contributed by atoms with E-state index in [-0.39, 0.29) is 24.5 Å². The Balaban J connectivity index is 1.72. The van der Waals surface area contributed by atoms with E-state index < -0.39 is 6.04 Å². The van der Waals surface area contributed by atoms with Gasteiger partial charge in [-0.15, -0.1) is 0 Å². The van der Waals surface area contributed by atoms with Gasteiger partial charge in [0.15, 0.2) is 11.5 Å². The minimum Gasteiger partial charge on any atom is -0.454 e. The summed E-state index contributed by atoms with van der Waals surface area (Å²) in [7, 11) is 0. The Morgan fingerprint density at radius 1 is 1.07 bits per heavy atom. The summed E-state index contributed by atoms with van der Waals surface area (Å²) in [4.78, 5) is 25.4. The van der Waals surface area contributed by atoms with E-state index in [1.54, 1.807) is 24.3 Å². The van der Waals surface area contributed by atoms with Crippen LogP contribution in [0.4, 0.5) is 5.69 Å². The van der Waals surface area contributed by atoms with E-state index in [0.29, 0.717) is 29.2 Å². The lowest BCUT2D eigenvalue weighted by molar-refractivity contribution is -0.118. The van der Waals surface area contributed by atoms with Crippen molar-refractivity contribution in [2.45, 2.75) is 33.2 Å². The SMILES string of the molecule is Cc1ccccc1C(=O)NC(CC(C)C)C(=O)Nc1ccc2c(c1)OCO2. The van der Waals surface area contributed by atoms with Crippen LogP contribution in [-0.2, 0) is 4.79 Å². The fourth-order valence-electron chi connectivity index (χ4n) is 2.97. The van der Waals surface area contributed by atoms with Gasteiger partial charge in [0.25, 0.3) is 5.91 Å². The summed E-state index contributed by atoms with van der Waals surface area (Å²) in [6, 6.07) is 11.9. The number of nitrogens with one attached hydrogen (secondary N) is 2. The number of fused-ring (bicyclic) bond motifs is 1. The number of hydrogen-bond acceptors (Lipinski definition) is 4. The second-order valence-electron chi connectivity index (χ2n) is 7.03. The van der Waals surface area contributed by atoms with Crippen LogP contribution in [0, 0.1) is 12.8 Å². The number of benzene rings is 2. The maximum Gasteiger partial charge on any atom is 0.252 e. The van der Waals surface area contributed by atoms with Crippen molar-refractivity contribution >= 4 is 17.5 Å². The highest BCUT2D eigenvalue weighted by Gasteiger charge is 2.24. The number of carbonyl (C=O) groups excluding carboxylic acids is 2. The third-order valence-corrected chi connectivity index (χ3v) is 4.36. The Kier molecular flexibility index (Phi) is 5.64. The normalized spacial score (nSPS) is 13.3. The fraction of sp³-hybridized carbons (Fsp3) is 0.333. The number of rotatable bonds is 6. The molecule has 1 atom stereocenters. The number of amides is 2. The van der Waals surface area contributed by atoms with Gasteiger partial charge in [0.2, 0.25) is 12.7 Å². The maximum absolute atomic E-state index is 12.8. The molecule has 2 N–H and O–H groups in total. The Bertz CT molecular complexity index is 848. The molecule has 6 heteroatoms. The van der Waals surface area contributed by atoms with Crippen molar-refractivity contribution in [2.75, 3.05) is 12.1 Å². The Morgan fingerprint density at radius 3 is 2.56 bits per heavy atom. The van der Waals surface area contributed by atoms with Crippen LogP contribution in [0.25, 0.3) is 0 Å². The van der Waals surface area contributed by atoms with E-state index in [4.69, 9.17) is 9.47 Å². The second-order valence-corrected chi connectivity index (χ2v) is 7.03. The van der Waals surface area contributed by atoms with E-state index in [0.717, 1.165) is 5.56 Å². The molecule has 1 unspecified atom stereocenters. The van der Waals surface area contributed by atoms with Crippen LogP contribution in [-0.4, -0.2) is 24.6 Å². The molecule has 6 nitrogen and oxygen atoms in total. The molecule has 1 heterocycles. The van der Waals surface area contributed by atoms with Crippen molar-refractivity contribution in [1.29, 1.82) is 0 Å². The molecule has 3 rings (SSSR count). The summed E-state index contributed by atoms with van der Waals surface area (Å²) in [5.41, 5.74) is 2.04.